The summed E-state index contributed by atoms with van der Waals surface area (Å²) in [5.74, 6) is -0.483. The van der Waals surface area contributed by atoms with Gasteiger partial charge in [-0.25, -0.2) is 9.69 Å². The van der Waals surface area contributed by atoms with Gasteiger partial charge in [0, 0.05) is 10.1 Å². The number of aliphatic hydroxyl groups excluding tert-OH is 1. The summed E-state index contributed by atoms with van der Waals surface area (Å²) in [6.07, 6.45) is -1.65. The maximum Gasteiger partial charge on any atom is 0.416 e. The zero-order valence-electron chi connectivity index (χ0n) is 14.7. The lowest BCUT2D eigenvalue weighted by atomic mass is 9.87. The first kappa shape index (κ1) is 17.9. The summed E-state index contributed by atoms with van der Waals surface area (Å²) in [6.45, 7) is 0.396. The zero-order valence-corrected chi connectivity index (χ0v) is 15.5. The smallest absolute Gasteiger partial charge is 0.416 e. The summed E-state index contributed by atoms with van der Waals surface area (Å²) in [4.78, 5) is 27.1. The molecule has 2 amide bonds. The molecule has 1 saturated heterocycles. The Kier molecular flexibility index (Phi) is 4.80. The molecule has 0 bridgehead atoms. The second-order valence-electron chi connectivity index (χ2n) is 6.42. The Balaban J connectivity index is 1.75. The quantitative estimate of drug-likeness (QED) is 0.875. The molecular weight excluding hydrogens is 366 g/mol. The predicted molar refractivity (Wildman–Crippen MR) is 99.5 cm³/mol. The number of carbonyl (C=O) groups is 2. The van der Waals surface area contributed by atoms with Gasteiger partial charge in [0.15, 0.2) is 0 Å². The fourth-order valence-corrected chi connectivity index (χ4v) is 4.97. The third kappa shape index (κ3) is 3.17. The van der Waals surface area contributed by atoms with Crippen molar-refractivity contribution in [3.8, 4) is 5.75 Å². The number of benzene rings is 2. The number of fused-ring (bicyclic) bond motifs is 1. The molecule has 2 aliphatic heterocycles. The first-order valence-corrected chi connectivity index (χ1v) is 9.54. The normalized spacial score (nSPS) is 24.3. The molecule has 0 spiro atoms. The number of aliphatic hydroxyl groups is 1. The van der Waals surface area contributed by atoms with Crippen LogP contribution in [0.5, 0.6) is 5.75 Å². The highest BCUT2D eigenvalue weighted by Crippen LogP contribution is 2.53. The summed E-state index contributed by atoms with van der Waals surface area (Å²) < 4.78 is 10.1. The van der Waals surface area contributed by atoms with Crippen molar-refractivity contribution in [3.05, 3.63) is 59.7 Å². The number of carbonyl (C=O) groups excluding carboxylic acids is 2. The molecule has 7 heteroatoms. The highest BCUT2D eigenvalue weighted by atomic mass is 32.2. The van der Waals surface area contributed by atoms with E-state index >= 15 is 0 Å². The second-order valence-corrected chi connectivity index (χ2v) is 7.61. The molecule has 3 atom stereocenters. The highest BCUT2D eigenvalue weighted by molar-refractivity contribution is 7.99. The van der Waals surface area contributed by atoms with Crippen molar-refractivity contribution in [1.82, 2.24) is 4.90 Å². The van der Waals surface area contributed by atoms with E-state index in [4.69, 9.17) is 9.47 Å². The Labute approximate surface area is 161 Å². The van der Waals surface area contributed by atoms with Gasteiger partial charge in [0.05, 0.1) is 25.7 Å². The first-order chi connectivity index (χ1) is 13.1. The minimum atomic E-state index is -1.00. The number of hydrogen-bond acceptors (Lipinski definition) is 6. The van der Waals surface area contributed by atoms with E-state index in [-0.39, 0.29) is 18.4 Å². The van der Waals surface area contributed by atoms with Gasteiger partial charge < -0.3 is 14.6 Å². The monoisotopic (exact) mass is 385 g/mol. The van der Waals surface area contributed by atoms with Crippen LogP contribution in [0.15, 0.2) is 53.4 Å². The molecule has 4 rings (SSSR count). The molecular formula is C20H19NO5S. The van der Waals surface area contributed by atoms with Crippen LogP contribution in [0.4, 0.5) is 4.79 Å². The topological polar surface area (TPSA) is 76.1 Å². The molecule has 0 unspecified atom stereocenters. The van der Waals surface area contributed by atoms with E-state index < -0.39 is 24.0 Å². The fraction of sp³-hybridized carbons (Fsp3) is 0.300. The van der Waals surface area contributed by atoms with Gasteiger partial charge in [-0.3, -0.25) is 4.79 Å². The van der Waals surface area contributed by atoms with Crippen LogP contribution in [0.3, 0.4) is 0 Å². The standard InChI is InChI=1S/C20H19NO5S/c1-25-13-8-6-12(7-9-13)18-16(19(23)21-10-11-26-20(21)24)17(22)14-4-2-3-5-15(14)27-18/h2-9,16-18,22H,10-11H2,1H3/t16-,17+,18+/m1/s1. The van der Waals surface area contributed by atoms with Gasteiger partial charge in [-0.15, -0.1) is 11.8 Å². The molecule has 2 aliphatic rings. The Morgan fingerprint density at radius 2 is 1.96 bits per heavy atom. The number of thioether (sulfide) groups is 1. The van der Waals surface area contributed by atoms with E-state index in [2.05, 4.69) is 0 Å². The molecule has 140 valence electrons. The summed E-state index contributed by atoms with van der Waals surface area (Å²) in [7, 11) is 1.59. The predicted octanol–water partition coefficient (Wildman–Crippen LogP) is 3.17. The van der Waals surface area contributed by atoms with Gasteiger partial charge in [-0.2, -0.15) is 0 Å². The molecule has 6 nitrogen and oxygen atoms in total. The number of ether oxygens (including phenoxy) is 2. The minimum absolute atomic E-state index is 0.185. The fourth-order valence-electron chi connectivity index (χ4n) is 3.51. The molecule has 0 saturated carbocycles. The van der Waals surface area contributed by atoms with E-state index in [1.165, 1.54) is 11.8 Å². The average Bonchev–Trinajstić information content (AvgIpc) is 3.13. The largest absolute Gasteiger partial charge is 0.497 e. The van der Waals surface area contributed by atoms with Gasteiger partial charge in [0.2, 0.25) is 5.91 Å². The van der Waals surface area contributed by atoms with Gasteiger partial charge in [-0.05, 0) is 29.3 Å². The van der Waals surface area contributed by atoms with E-state index in [1.807, 2.05) is 48.5 Å². The molecule has 0 aliphatic carbocycles. The van der Waals surface area contributed by atoms with Crippen molar-refractivity contribution in [1.29, 1.82) is 0 Å². The summed E-state index contributed by atoms with van der Waals surface area (Å²) in [5, 5.41) is 10.7. The van der Waals surface area contributed by atoms with E-state index in [9.17, 15) is 14.7 Å². The number of cyclic esters (lactones) is 1. The number of methoxy groups -OCH3 is 1. The highest BCUT2D eigenvalue weighted by Gasteiger charge is 2.46. The first-order valence-electron chi connectivity index (χ1n) is 8.66. The molecule has 2 aromatic carbocycles. The molecule has 2 aromatic rings. The lowest BCUT2D eigenvalue weighted by molar-refractivity contribution is -0.136. The van der Waals surface area contributed by atoms with Crippen molar-refractivity contribution < 1.29 is 24.2 Å². The van der Waals surface area contributed by atoms with E-state index in [0.29, 0.717) is 11.3 Å². The van der Waals surface area contributed by atoms with Crippen LogP contribution in [0.2, 0.25) is 0 Å². The maximum atomic E-state index is 13.2. The maximum absolute atomic E-state index is 13.2. The number of amides is 2. The van der Waals surface area contributed by atoms with Crippen molar-refractivity contribution in [2.75, 3.05) is 20.3 Å². The Morgan fingerprint density at radius 1 is 1.22 bits per heavy atom. The van der Waals surface area contributed by atoms with Gasteiger partial charge >= 0.3 is 6.09 Å². The lowest BCUT2D eigenvalue weighted by Gasteiger charge is -2.36. The van der Waals surface area contributed by atoms with Crippen LogP contribution in [0, 0.1) is 5.92 Å². The van der Waals surface area contributed by atoms with Crippen LogP contribution in [-0.2, 0) is 9.53 Å². The van der Waals surface area contributed by atoms with Gasteiger partial charge in [-0.1, -0.05) is 30.3 Å². The van der Waals surface area contributed by atoms with Crippen LogP contribution in [-0.4, -0.2) is 42.3 Å². The molecule has 0 aromatic heterocycles. The van der Waals surface area contributed by atoms with E-state index in [1.54, 1.807) is 7.11 Å². The van der Waals surface area contributed by atoms with Crippen molar-refractivity contribution in [3.63, 3.8) is 0 Å². The Bertz CT molecular complexity index is 869. The SMILES string of the molecule is COc1ccc([C@@H]2Sc3ccccc3[C@H](O)[C@H]2C(=O)N2CCOC2=O)cc1. The number of hydrogen-bond donors (Lipinski definition) is 1. The molecule has 27 heavy (non-hydrogen) atoms. The van der Waals surface area contributed by atoms with Crippen molar-refractivity contribution >= 4 is 23.8 Å². The van der Waals surface area contributed by atoms with Crippen molar-refractivity contribution in [2.45, 2.75) is 16.2 Å². The minimum Gasteiger partial charge on any atom is -0.497 e. The second kappa shape index (κ2) is 7.25. The average molecular weight is 385 g/mol. The lowest BCUT2D eigenvalue weighted by Crippen LogP contribution is -2.42. The summed E-state index contributed by atoms with van der Waals surface area (Å²) in [5.41, 5.74) is 1.60. The third-order valence-corrected chi connectivity index (χ3v) is 6.36. The van der Waals surface area contributed by atoms with Crippen LogP contribution in [0.25, 0.3) is 0 Å². The van der Waals surface area contributed by atoms with Crippen LogP contribution < -0.4 is 4.74 Å². The Morgan fingerprint density at radius 3 is 2.63 bits per heavy atom. The molecule has 0 radical (unpaired) electrons. The molecule has 1 N–H and O–H groups in total. The number of nitrogens with zero attached hydrogens (tertiary/aromatic N) is 1. The number of imide groups is 1. The molecule has 1 fully saturated rings. The van der Waals surface area contributed by atoms with E-state index in [0.717, 1.165) is 15.4 Å². The summed E-state index contributed by atoms with van der Waals surface area (Å²) >= 11 is 1.52. The summed E-state index contributed by atoms with van der Waals surface area (Å²) in [6, 6.07) is 14.9. The van der Waals surface area contributed by atoms with Gasteiger partial charge in [0.25, 0.3) is 0 Å². The van der Waals surface area contributed by atoms with Crippen molar-refractivity contribution in [2.24, 2.45) is 5.92 Å². The zero-order chi connectivity index (χ0) is 19.0. The Hall–Kier alpha value is -2.51. The third-order valence-electron chi connectivity index (χ3n) is 4.91. The number of rotatable bonds is 3. The van der Waals surface area contributed by atoms with Crippen LogP contribution >= 0.6 is 11.8 Å². The van der Waals surface area contributed by atoms with Gasteiger partial charge in [0.1, 0.15) is 12.4 Å². The van der Waals surface area contributed by atoms with Crippen LogP contribution in [0.1, 0.15) is 22.5 Å². The molecule has 2 heterocycles.